The fourth-order valence-corrected chi connectivity index (χ4v) is 1.51. The highest BCUT2D eigenvalue weighted by Gasteiger charge is 2.11. The van der Waals surface area contributed by atoms with Crippen molar-refractivity contribution in [2.75, 3.05) is 25.1 Å². The maximum Gasteiger partial charge on any atom is 0.148 e. The van der Waals surface area contributed by atoms with E-state index in [1.807, 2.05) is 0 Å². The number of hydrogen-bond acceptors (Lipinski definition) is 4. The van der Waals surface area contributed by atoms with Crippen LogP contribution in [0.2, 0.25) is 0 Å². The fourth-order valence-electron chi connectivity index (χ4n) is 1.02. The van der Waals surface area contributed by atoms with Crippen molar-refractivity contribution in [3.05, 3.63) is 0 Å². The van der Waals surface area contributed by atoms with E-state index in [1.54, 1.807) is 0 Å². The molecule has 5 heteroatoms. The molecule has 0 fully saturated rings. The van der Waals surface area contributed by atoms with Crippen molar-refractivity contribution in [2.24, 2.45) is 11.7 Å². The summed E-state index contributed by atoms with van der Waals surface area (Å²) in [6.45, 7) is 5.15. The topological polar surface area (TPSA) is 72.2 Å². The molecule has 1 unspecified atom stereocenters. The Balaban J connectivity index is 3.74. The molecule has 13 heavy (non-hydrogen) atoms. The number of hydrogen-bond donors (Lipinski definition) is 2. The molecule has 0 aromatic carbocycles. The second kappa shape index (κ2) is 5.57. The van der Waals surface area contributed by atoms with Crippen molar-refractivity contribution in [1.82, 2.24) is 5.32 Å². The SMILES string of the molecule is CC(C)C(CN)NCCS(C)(=O)=O. The second-order valence-electron chi connectivity index (χ2n) is 3.67. The predicted octanol–water partition coefficient (Wildman–Crippen LogP) is -0.396. The predicted molar refractivity (Wildman–Crippen MR) is 55.4 cm³/mol. The van der Waals surface area contributed by atoms with Crippen molar-refractivity contribution in [1.29, 1.82) is 0 Å². The van der Waals surface area contributed by atoms with E-state index in [1.165, 1.54) is 6.26 Å². The van der Waals surface area contributed by atoms with E-state index in [0.717, 1.165) is 0 Å². The first kappa shape index (κ1) is 12.9. The Labute approximate surface area is 80.8 Å². The quantitative estimate of drug-likeness (QED) is 0.623. The van der Waals surface area contributed by atoms with Crippen LogP contribution in [0, 0.1) is 5.92 Å². The molecule has 0 aliphatic rings. The van der Waals surface area contributed by atoms with Crippen LogP contribution in [0.15, 0.2) is 0 Å². The summed E-state index contributed by atoms with van der Waals surface area (Å²) in [5.41, 5.74) is 5.51. The van der Waals surface area contributed by atoms with Crippen LogP contribution in [0.3, 0.4) is 0 Å². The molecule has 80 valence electrons. The molecule has 0 spiro atoms. The summed E-state index contributed by atoms with van der Waals surface area (Å²) < 4.78 is 21.6. The zero-order valence-electron chi connectivity index (χ0n) is 8.58. The van der Waals surface area contributed by atoms with Crippen LogP contribution in [0.25, 0.3) is 0 Å². The first-order chi connectivity index (χ1) is 5.87. The molecule has 0 rings (SSSR count). The van der Waals surface area contributed by atoms with Crippen LogP contribution < -0.4 is 11.1 Å². The standard InChI is InChI=1S/C8H20N2O2S/c1-7(2)8(6-9)10-4-5-13(3,11)12/h7-8,10H,4-6,9H2,1-3H3. The highest BCUT2D eigenvalue weighted by Crippen LogP contribution is 1.98. The maximum atomic E-state index is 10.8. The summed E-state index contributed by atoms with van der Waals surface area (Å²) in [4.78, 5) is 0. The van der Waals surface area contributed by atoms with Crippen LogP contribution in [-0.2, 0) is 9.84 Å². The van der Waals surface area contributed by atoms with Crippen molar-refractivity contribution in [3.63, 3.8) is 0 Å². The van der Waals surface area contributed by atoms with E-state index >= 15 is 0 Å². The summed E-state index contributed by atoms with van der Waals surface area (Å²) in [7, 11) is -2.86. The van der Waals surface area contributed by atoms with Gasteiger partial charge in [-0.3, -0.25) is 0 Å². The van der Waals surface area contributed by atoms with Crippen molar-refractivity contribution >= 4 is 9.84 Å². The molecule has 4 nitrogen and oxygen atoms in total. The van der Waals surface area contributed by atoms with Gasteiger partial charge in [-0.05, 0) is 5.92 Å². The smallest absolute Gasteiger partial charge is 0.148 e. The fraction of sp³-hybridized carbons (Fsp3) is 1.00. The lowest BCUT2D eigenvalue weighted by Gasteiger charge is -2.20. The van der Waals surface area contributed by atoms with E-state index in [-0.39, 0.29) is 11.8 Å². The number of rotatable bonds is 6. The molecule has 0 aromatic heterocycles. The lowest BCUT2D eigenvalue weighted by atomic mass is 10.1. The largest absolute Gasteiger partial charge is 0.329 e. The van der Waals surface area contributed by atoms with Gasteiger partial charge in [-0.2, -0.15) is 0 Å². The summed E-state index contributed by atoms with van der Waals surface area (Å²) in [6, 6.07) is 0.210. The number of sulfone groups is 1. The van der Waals surface area contributed by atoms with Crippen LogP contribution in [-0.4, -0.2) is 39.6 Å². The monoisotopic (exact) mass is 208 g/mol. The second-order valence-corrected chi connectivity index (χ2v) is 5.93. The molecule has 0 bridgehead atoms. The normalized spacial score (nSPS) is 14.8. The van der Waals surface area contributed by atoms with Crippen LogP contribution in [0.5, 0.6) is 0 Å². The lowest BCUT2D eigenvalue weighted by Crippen LogP contribution is -2.42. The van der Waals surface area contributed by atoms with Crippen molar-refractivity contribution < 1.29 is 8.42 Å². The molecule has 0 amide bonds. The minimum Gasteiger partial charge on any atom is -0.329 e. The van der Waals surface area contributed by atoms with E-state index in [4.69, 9.17) is 5.73 Å². The van der Waals surface area contributed by atoms with Gasteiger partial charge in [0.15, 0.2) is 0 Å². The Bertz CT molecular complexity index is 224. The lowest BCUT2D eigenvalue weighted by molar-refractivity contribution is 0.415. The van der Waals surface area contributed by atoms with Crippen LogP contribution in [0.4, 0.5) is 0 Å². The molecule has 0 heterocycles. The first-order valence-electron chi connectivity index (χ1n) is 4.48. The van der Waals surface area contributed by atoms with E-state index in [2.05, 4.69) is 19.2 Å². The van der Waals surface area contributed by atoms with Crippen molar-refractivity contribution in [3.8, 4) is 0 Å². The van der Waals surface area contributed by atoms with Gasteiger partial charge < -0.3 is 11.1 Å². The zero-order valence-corrected chi connectivity index (χ0v) is 9.39. The van der Waals surface area contributed by atoms with E-state index < -0.39 is 9.84 Å². The average Bonchev–Trinajstić information content (AvgIpc) is 1.95. The summed E-state index contributed by atoms with van der Waals surface area (Å²) >= 11 is 0. The molecule has 3 N–H and O–H groups in total. The highest BCUT2D eigenvalue weighted by molar-refractivity contribution is 7.90. The van der Waals surface area contributed by atoms with Gasteiger partial charge >= 0.3 is 0 Å². The van der Waals surface area contributed by atoms with E-state index in [9.17, 15) is 8.42 Å². The molecule has 0 saturated carbocycles. The molecule has 0 aromatic rings. The Morgan fingerprint density at radius 2 is 1.92 bits per heavy atom. The number of nitrogens with one attached hydrogen (secondary N) is 1. The maximum absolute atomic E-state index is 10.8. The van der Waals surface area contributed by atoms with Gasteiger partial charge in [0.05, 0.1) is 5.75 Å². The molecular weight excluding hydrogens is 188 g/mol. The molecule has 0 saturated heterocycles. The Hall–Kier alpha value is -0.130. The highest BCUT2D eigenvalue weighted by atomic mass is 32.2. The molecule has 1 atom stereocenters. The van der Waals surface area contributed by atoms with Gasteiger partial charge in [0.25, 0.3) is 0 Å². The van der Waals surface area contributed by atoms with Gasteiger partial charge in [-0.1, -0.05) is 13.8 Å². The van der Waals surface area contributed by atoms with Gasteiger partial charge in [0, 0.05) is 25.4 Å². The molecule has 0 aliphatic carbocycles. The van der Waals surface area contributed by atoms with Crippen LogP contribution in [0.1, 0.15) is 13.8 Å². The van der Waals surface area contributed by atoms with Gasteiger partial charge in [0.2, 0.25) is 0 Å². The minimum absolute atomic E-state index is 0.177. The summed E-state index contributed by atoms with van der Waals surface area (Å²) in [5, 5.41) is 3.12. The third-order valence-electron chi connectivity index (χ3n) is 1.94. The Kier molecular flexibility index (Phi) is 5.51. The third kappa shape index (κ3) is 6.98. The van der Waals surface area contributed by atoms with E-state index in [0.29, 0.717) is 19.0 Å². The Morgan fingerprint density at radius 1 is 1.38 bits per heavy atom. The minimum atomic E-state index is -2.86. The molecule has 0 aliphatic heterocycles. The average molecular weight is 208 g/mol. The molecule has 0 radical (unpaired) electrons. The van der Waals surface area contributed by atoms with Gasteiger partial charge in [-0.15, -0.1) is 0 Å². The molecular formula is C8H20N2O2S. The Morgan fingerprint density at radius 3 is 2.23 bits per heavy atom. The summed E-state index contributed by atoms with van der Waals surface area (Å²) in [6.07, 6.45) is 1.24. The van der Waals surface area contributed by atoms with Crippen molar-refractivity contribution in [2.45, 2.75) is 19.9 Å². The summed E-state index contributed by atoms with van der Waals surface area (Å²) in [5.74, 6) is 0.612. The van der Waals surface area contributed by atoms with Gasteiger partial charge in [-0.25, -0.2) is 8.42 Å². The number of nitrogens with two attached hydrogens (primary N) is 1. The first-order valence-corrected chi connectivity index (χ1v) is 6.54. The third-order valence-corrected chi connectivity index (χ3v) is 2.88. The van der Waals surface area contributed by atoms with Crippen LogP contribution >= 0.6 is 0 Å². The van der Waals surface area contributed by atoms with Gasteiger partial charge in [0.1, 0.15) is 9.84 Å². The zero-order chi connectivity index (χ0) is 10.5.